The van der Waals surface area contributed by atoms with Crippen LogP contribution in [0.4, 0.5) is 0 Å². The molecule has 6 nitrogen and oxygen atoms in total. The summed E-state index contributed by atoms with van der Waals surface area (Å²) in [6, 6.07) is 5.19. The molecule has 0 N–H and O–H groups in total. The fourth-order valence-electron chi connectivity index (χ4n) is 1.55. The first-order chi connectivity index (χ1) is 9.02. The van der Waals surface area contributed by atoms with Crippen molar-refractivity contribution in [1.82, 2.24) is 14.8 Å². The molecule has 0 saturated carbocycles. The van der Waals surface area contributed by atoms with E-state index < -0.39 is 5.97 Å². The topological polar surface area (TPSA) is 74.1 Å². The van der Waals surface area contributed by atoms with Crippen LogP contribution < -0.4 is 0 Å². The van der Waals surface area contributed by atoms with Gasteiger partial charge < -0.3 is 4.74 Å². The average Bonchev–Trinajstić information content (AvgIpc) is 2.87. The van der Waals surface area contributed by atoms with E-state index in [4.69, 9.17) is 0 Å². The number of rotatable bonds is 3. The van der Waals surface area contributed by atoms with Crippen LogP contribution in [0.1, 0.15) is 27.9 Å². The predicted octanol–water partition coefficient (Wildman–Crippen LogP) is 2.02. The number of ketones is 1. The number of ether oxygens (including phenoxy) is 1. The van der Waals surface area contributed by atoms with Crippen LogP contribution >= 0.6 is 15.9 Å². The maximum absolute atomic E-state index is 11.6. The van der Waals surface area contributed by atoms with Crippen LogP contribution in [0, 0.1) is 0 Å². The van der Waals surface area contributed by atoms with Crippen molar-refractivity contribution < 1.29 is 14.3 Å². The highest BCUT2D eigenvalue weighted by Gasteiger charge is 2.15. The quantitative estimate of drug-likeness (QED) is 0.638. The molecule has 1 heterocycles. The molecular weight excluding hydrogens is 314 g/mol. The summed E-state index contributed by atoms with van der Waals surface area (Å²) in [5, 5.41) is 3.99. The lowest BCUT2D eigenvalue weighted by Gasteiger charge is -2.06. The van der Waals surface area contributed by atoms with Crippen molar-refractivity contribution in [3.63, 3.8) is 0 Å². The molecule has 98 valence electrons. The number of hydrogen-bond donors (Lipinski definition) is 0. The number of esters is 1. The summed E-state index contributed by atoms with van der Waals surface area (Å²) >= 11 is 3.31. The van der Waals surface area contributed by atoms with Crippen LogP contribution in [-0.2, 0) is 4.74 Å². The van der Waals surface area contributed by atoms with Gasteiger partial charge in [-0.3, -0.25) is 4.79 Å². The molecule has 0 amide bonds. The van der Waals surface area contributed by atoms with Crippen molar-refractivity contribution in [2.75, 3.05) is 7.11 Å². The number of Topliss-reactive ketones (excluding diaryl/α,β-unsaturated/α-hetero) is 1. The number of nitrogens with zero attached hydrogens (tertiary/aromatic N) is 3. The second-order valence-electron chi connectivity index (χ2n) is 3.72. The minimum Gasteiger partial charge on any atom is -0.463 e. The van der Waals surface area contributed by atoms with E-state index in [0.717, 1.165) is 4.47 Å². The molecule has 0 fully saturated rings. The molecule has 0 saturated heterocycles. The number of carbonyl (C=O) groups excluding carboxylic acids is 2. The fourth-order valence-corrected chi connectivity index (χ4v) is 1.92. The minimum absolute atomic E-state index is 0.0556. The van der Waals surface area contributed by atoms with Crippen LogP contribution in [0.25, 0.3) is 5.69 Å². The highest BCUT2D eigenvalue weighted by Crippen LogP contribution is 2.20. The molecule has 0 aliphatic carbocycles. The smallest absolute Gasteiger partial charge is 0.377 e. The maximum Gasteiger partial charge on any atom is 0.377 e. The van der Waals surface area contributed by atoms with Gasteiger partial charge in [0, 0.05) is 10.0 Å². The van der Waals surface area contributed by atoms with E-state index in [1.165, 1.54) is 25.0 Å². The summed E-state index contributed by atoms with van der Waals surface area (Å²) in [6.45, 7) is 1.46. The zero-order chi connectivity index (χ0) is 14.0. The number of aromatic nitrogens is 3. The SMILES string of the molecule is COC(=O)c1ncn(-c2ccc(Br)cc2C(C)=O)n1. The first kappa shape index (κ1) is 13.4. The normalized spacial score (nSPS) is 10.3. The van der Waals surface area contributed by atoms with Gasteiger partial charge in [0.1, 0.15) is 6.33 Å². The second-order valence-corrected chi connectivity index (χ2v) is 4.64. The lowest BCUT2D eigenvalue weighted by atomic mass is 10.1. The van der Waals surface area contributed by atoms with Gasteiger partial charge in [-0.15, -0.1) is 5.10 Å². The summed E-state index contributed by atoms with van der Waals surface area (Å²) in [5.74, 6) is -0.786. The fraction of sp³-hybridized carbons (Fsp3) is 0.167. The molecule has 2 rings (SSSR count). The van der Waals surface area contributed by atoms with Gasteiger partial charge in [-0.1, -0.05) is 15.9 Å². The van der Waals surface area contributed by atoms with Crippen LogP contribution in [0.2, 0.25) is 0 Å². The monoisotopic (exact) mass is 323 g/mol. The predicted molar refractivity (Wildman–Crippen MR) is 70.4 cm³/mol. The minimum atomic E-state index is -0.625. The molecule has 0 aliphatic heterocycles. The molecule has 1 aromatic heterocycles. The van der Waals surface area contributed by atoms with E-state index in [0.29, 0.717) is 11.3 Å². The van der Waals surface area contributed by atoms with E-state index >= 15 is 0 Å². The lowest BCUT2D eigenvalue weighted by molar-refractivity contribution is 0.0587. The number of benzene rings is 1. The van der Waals surface area contributed by atoms with Gasteiger partial charge in [-0.25, -0.2) is 14.5 Å². The van der Waals surface area contributed by atoms with Crippen molar-refractivity contribution in [3.05, 3.63) is 40.4 Å². The van der Waals surface area contributed by atoms with Crippen molar-refractivity contribution in [2.45, 2.75) is 6.92 Å². The Morgan fingerprint density at radius 3 is 2.74 bits per heavy atom. The standard InChI is InChI=1S/C12H10BrN3O3/c1-7(17)9-5-8(13)3-4-10(9)16-6-14-11(15-16)12(18)19-2/h3-6H,1-2H3. The zero-order valence-corrected chi connectivity index (χ0v) is 11.8. The number of halogens is 1. The third-order valence-corrected chi connectivity index (χ3v) is 2.94. The largest absolute Gasteiger partial charge is 0.463 e. The van der Waals surface area contributed by atoms with Gasteiger partial charge >= 0.3 is 5.97 Å². The third-order valence-electron chi connectivity index (χ3n) is 2.44. The van der Waals surface area contributed by atoms with Crippen molar-refractivity contribution in [3.8, 4) is 5.69 Å². The molecule has 0 unspecified atom stereocenters. The molecule has 0 atom stereocenters. The Bertz CT molecular complexity index is 651. The van der Waals surface area contributed by atoms with E-state index in [1.807, 2.05) is 0 Å². The zero-order valence-electron chi connectivity index (χ0n) is 10.3. The molecule has 7 heteroatoms. The van der Waals surface area contributed by atoms with E-state index in [9.17, 15) is 9.59 Å². The van der Waals surface area contributed by atoms with Crippen molar-refractivity contribution in [1.29, 1.82) is 0 Å². The van der Waals surface area contributed by atoms with Crippen LogP contribution in [0.15, 0.2) is 29.0 Å². The molecule has 2 aromatic rings. The van der Waals surface area contributed by atoms with Gasteiger partial charge in [-0.05, 0) is 25.1 Å². The average molecular weight is 324 g/mol. The first-order valence-corrected chi connectivity index (χ1v) is 6.13. The molecule has 1 aromatic carbocycles. The lowest BCUT2D eigenvalue weighted by Crippen LogP contribution is -2.07. The molecule has 0 aliphatic rings. The second kappa shape index (κ2) is 5.31. The Balaban J connectivity index is 2.50. The summed E-state index contributed by atoms with van der Waals surface area (Å²) < 4.78 is 6.69. The Morgan fingerprint density at radius 2 is 2.11 bits per heavy atom. The molecular formula is C12H10BrN3O3. The number of methoxy groups -OCH3 is 1. The van der Waals surface area contributed by atoms with E-state index in [1.54, 1.807) is 18.2 Å². The molecule has 19 heavy (non-hydrogen) atoms. The Hall–Kier alpha value is -2.02. The molecule has 0 spiro atoms. The van der Waals surface area contributed by atoms with Gasteiger partial charge in [0.25, 0.3) is 5.82 Å². The Labute approximate surface area is 117 Å². The van der Waals surface area contributed by atoms with Crippen molar-refractivity contribution >= 4 is 27.7 Å². The van der Waals surface area contributed by atoms with Gasteiger partial charge in [-0.2, -0.15) is 0 Å². The molecule has 0 radical (unpaired) electrons. The van der Waals surface area contributed by atoms with Crippen LogP contribution in [0.5, 0.6) is 0 Å². The highest BCUT2D eigenvalue weighted by molar-refractivity contribution is 9.10. The van der Waals surface area contributed by atoms with E-state index in [-0.39, 0.29) is 11.6 Å². The van der Waals surface area contributed by atoms with Gasteiger partial charge in [0.2, 0.25) is 0 Å². The van der Waals surface area contributed by atoms with E-state index in [2.05, 4.69) is 30.7 Å². The Kier molecular flexibility index (Phi) is 3.75. The number of carbonyl (C=O) groups is 2. The summed E-state index contributed by atoms with van der Waals surface area (Å²) in [4.78, 5) is 26.8. The molecule has 0 bridgehead atoms. The number of hydrogen-bond acceptors (Lipinski definition) is 5. The maximum atomic E-state index is 11.6. The summed E-state index contributed by atoms with van der Waals surface area (Å²) in [5.41, 5.74) is 1.04. The third kappa shape index (κ3) is 2.70. The van der Waals surface area contributed by atoms with Crippen LogP contribution in [-0.4, -0.2) is 33.6 Å². The van der Waals surface area contributed by atoms with Gasteiger partial charge in [0.05, 0.1) is 12.8 Å². The highest BCUT2D eigenvalue weighted by atomic mass is 79.9. The summed E-state index contributed by atoms with van der Waals surface area (Å²) in [7, 11) is 1.25. The summed E-state index contributed by atoms with van der Waals surface area (Å²) in [6.07, 6.45) is 1.36. The Morgan fingerprint density at radius 1 is 1.37 bits per heavy atom. The van der Waals surface area contributed by atoms with Crippen LogP contribution in [0.3, 0.4) is 0 Å². The van der Waals surface area contributed by atoms with Crippen molar-refractivity contribution in [2.24, 2.45) is 0 Å². The van der Waals surface area contributed by atoms with Gasteiger partial charge in [0.15, 0.2) is 5.78 Å². The first-order valence-electron chi connectivity index (χ1n) is 5.33.